The Kier molecular flexibility index (Phi) is 11.0. The lowest BCUT2D eigenvalue weighted by Gasteiger charge is -2.34. The van der Waals surface area contributed by atoms with E-state index in [0.717, 1.165) is 24.4 Å². The van der Waals surface area contributed by atoms with E-state index in [4.69, 9.17) is 0 Å². The fraction of sp³-hybridized carbons (Fsp3) is 0.188. The summed E-state index contributed by atoms with van der Waals surface area (Å²) in [6, 6.07) is 30.8. The first-order valence-corrected chi connectivity index (χ1v) is 16.4. The molecule has 2 amide bonds. The Bertz CT molecular complexity index is 1600. The highest BCUT2D eigenvalue weighted by molar-refractivity contribution is 9.10. The van der Waals surface area contributed by atoms with Crippen LogP contribution in [0.3, 0.4) is 0 Å². The van der Waals surface area contributed by atoms with E-state index >= 15 is 0 Å². The SMILES string of the molecule is CCNC(=O)[C@@H](Cc1ccccc1)N(Cc1cccc(Br)c1)C(=O)CN(c1ccc(Br)cc1)S(=O)(=O)c1ccccc1. The van der Waals surface area contributed by atoms with E-state index in [9.17, 15) is 18.0 Å². The number of rotatable bonds is 12. The Morgan fingerprint density at radius 1 is 0.786 bits per heavy atom. The molecule has 0 aliphatic rings. The molecule has 0 bridgehead atoms. The molecule has 0 saturated heterocycles. The summed E-state index contributed by atoms with van der Waals surface area (Å²) >= 11 is 6.89. The maximum Gasteiger partial charge on any atom is 0.264 e. The van der Waals surface area contributed by atoms with Crippen molar-refractivity contribution in [3.05, 3.63) is 129 Å². The molecule has 0 radical (unpaired) electrons. The van der Waals surface area contributed by atoms with Gasteiger partial charge in [-0.2, -0.15) is 0 Å². The molecular weight excluding hydrogens is 682 g/mol. The van der Waals surface area contributed by atoms with Crippen molar-refractivity contribution in [2.24, 2.45) is 0 Å². The van der Waals surface area contributed by atoms with Crippen LogP contribution in [-0.2, 0) is 32.6 Å². The first-order chi connectivity index (χ1) is 20.2. The van der Waals surface area contributed by atoms with Crippen molar-refractivity contribution in [3.8, 4) is 0 Å². The number of nitrogens with zero attached hydrogens (tertiary/aromatic N) is 2. The molecule has 0 saturated carbocycles. The molecule has 0 spiro atoms. The first kappa shape index (κ1) is 31.5. The van der Waals surface area contributed by atoms with Gasteiger partial charge in [0.05, 0.1) is 10.6 Å². The van der Waals surface area contributed by atoms with Crippen LogP contribution >= 0.6 is 31.9 Å². The maximum atomic E-state index is 14.3. The fourth-order valence-corrected chi connectivity index (χ4v) is 6.68. The molecule has 1 atom stereocenters. The van der Waals surface area contributed by atoms with Crippen LogP contribution in [0.25, 0.3) is 0 Å². The molecule has 0 fully saturated rings. The summed E-state index contributed by atoms with van der Waals surface area (Å²) < 4.78 is 30.6. The topological polar surface area (TPSA) is 86.8 Å². The van der Waals surface area contributed by atoms with E-state index in [-0.39, 0.29) is 23.8 Å². The van der Waals surface area contributed by atoms with E-state index in [2.05, 4.69) is 37.2 Å². The highest BCUT2D eigenvalue weighted by Gasteiger charge is 2.34. The van der Waals surface area contributed by atoms with Gasteiger partial charge in [-0.25, -0.2) is 8.42 Å². The van der Waals surface area contributed by atoms with Crippen LogP contribution < -0.4 is 9.62 Å². The lowest BCUT2D eigenvalue weighted by molar-refractivity contribution is -0.140. The summed E-state index contributed by atoms with van der Waals surface area (Å²) in [5, 5.41) is 2.87. The van der Waals surface area contributed by atoms with Gasteiger partial charge in [-0.1, -0.05) is 92.5 Å². The third-order valence-corrected chi connectivity index (χ3v) is 9.40. The number of sulfonamides is 1. The molecule has 0 unspecified atom stereocenters. The number of amides is 2. The van der Waals surface area contributed by atoms with Gasteiger partial charge in [0.25, 0.3) is 10.0 Å². The molecule has 1 N–H and O–H groups in total. The largest absolute Gasteiger partial charge is 0.355 e. The summed E-state index contributed by atoms with van der Waals surface area (Å²) in [6.45, 7) is 1.81. The predicted molar refractivity (Wildman–Crippen MR) is 172 cm³/mol. The number of nitrogens with one attached hydrogen (secondary N) is 1. The standard InChI is InChI=1S/C32H31Br2N3O4S/c1-2-35-32(39)30(21-24-10-5-3-6-11-24)36(22-25-12-9-13-27(34)20-25)31(38)23-37(28-18-16-26(33)17-19-28)42(40,41)29-14-7-4-8-15-29/h3-20,30H,2,21-23H2,1H3,(H,35,39)/t30-/m1/s1. The van der Waals surface area contributed by atoms with Crippen LogP contribution in [0, 0.1) is 0 Å². The van der Waals surface area contributed by atoms with Crippen molar-refractivity contribution in [1.82, 2.24) is 10.2 Å². The number of hydrogen-bond donors (Lipinski definition) is 1. The van der Waals surface area contributed by atoms with Gasteiger partial charge in [-0.05, 0) is 66.6 Å². The average Bonchev–Trinajstić information content (AvgIpc) is 2.99. The molecule has 4 aromatic rings. The number of anilines is 1. The molecule has 0 aliphatic carbocycles. The van der Waals surface area contributed by atoms with Crippen molar-refractivity contribution in [3.63, 3.8) is 0 Å². The lowest BCUT2D eigenvalue weighted by Crippen LogP contribution is -2.53. The van der Waals surface area contributed by atoms with Gasteiger partial charge in [-0.15, -0.1) is 0 Å². The van der Waals surface area contributed by atoms with E-state index in [1.165, 1.54) is 17.0 Å². The van der Waals surface area contributed by atoms with Crippen LogP contribution in [0.5, 0.6) is 0 Å². The number of carbonyl (C=O) groups is 2. The summed E-state index contributed by atoms with van der Waals surface area (Å²) in [5.41, 5.74) is 2.00. The Balaban J connectivity index is 1.78. The number of likely N-dealkylation sites (N-methyl/N-ethyl adjacent to an activating group) is 1. The molecule has 0 heterocycles. The molecule has 0 aromatic heterocycles. The monoisotopic (exact) mass is 711 g/mol. The Hall–Kier alpha value is -3.47. The molecule has 4 rings (SSSR count). The number of benzene rings is 4. The Morgan fingerprint density at radius 3 is 2.02 bits per heavy atom. The van der Waals surface area contributed by atoms with Gasteiger partial charge >= 0.3 is 0 Å². The Labute approximate surface area is 263 Å². The average molecular weight is 713 g/mol. The summed E-state index contributed by atoms with van der Waals surface area (Å²) in [5.74, 6) is -0.824. The third kappa shape index (κ3) is 8.08. The van der Waals surface area contributed by atoms with Crippen LogP contribution in [0.2, 0.25) is 0 Å². The molecule has 0 aliphatic heterocycles. The summed E-state index contributed by atoms with van der Waals surface area (Å²) in [7, 11) is -4.13. The second-order valence-electron chi connectivity index (χ2n) is 9.55. The summed E-state index contributed by atoms with van der Waals surface area (Å²) in [6.07, 6.45) is 0.260. The van der Waals surface area contributed by atoms with E-state index in [1.807, 2.05) is 61.5 Å². The van der Waals surface area contributed by atoms with E-state index in [0.29, 0.717) is 12.2 Å². The first-order valence-electron chi connectivity index (χ1n) is 13.4. The minimum Gasteiger partial charge on any atom is -0.355 e. The second kappa shape index (κ2) is 14.6. The zero-order valence-corrected chi connectivity index (χ0v) is 27.0. The minimum atomic E-state index is -4.13. The normalized spacial score (nSPS) is 11.9. The van der Waals surface area contributed by atoms with Gasteiger partial charge in [0.1, 0.15) is 12.6 Å². The molecular formula is C32H31Br2N3O4S. The predicted octanol–water partition coefficient (Wildman–Crippen LogP) is 6.18. The smallest absolute Gasteiger partial charge is 0.264 e. The molecule has 7 nitrogen and oxygen atoms in total. The maximum absolute atomic E-state index is 14.3. The van der Waals surface area contributed by atoms with Gasteiger partial charge in [0, 0.05) is 28.5 Å². The second-order valence-corrected chi connectivity index (χ2v) is 13.2. The number of halogens is 2. The minimum absolute atomic E-state index is 0.0591. The van der Waals surface area contributed by atoms with Crippen LogP contribution in [0.4, 0.5) is 5.69 Å². The van der Waals surface area contributed by atoms with Gasteiger partial charge in [0.2, 0.25) is 11.8 Å². The third-order valence-electron chi connectivity index (χ3n) is 6.59. The molecule has 4 aromatic carbocycles. The van der Waals surface area contributed by atoms with Crippen molar-refractivity contribution in [2.45, 2.75) is 30.8 Å². The molecule has 10 heteroatoms. The van der Waals surface area contributed by atoms with Crippen molar-refractivity contribution in [2.75, 3.05) is 17.4 Å². The highest BCUT2D eigenvalue weighted by atomic mass is 79.9. The zero-order valence-electron chi connectivity index (χ0n) is 23.0. The molecule has 42 heavy (non-hydrogen) atoms. The lowest BCUT2D eigenvalue weighted by atomic mass is 10.0. The zero-order chi connectivity index (χ0) is 30.1. The van der Waals surface area contributed by atoms with Gasteiger partial charge in [0.15, 0.2) is 0 Å². The van der Waals surface area contributed by atoms with Crippen molar-refractivity contribution < 1.29 is 18.0 Å². The number of carbonyl (C=O) groups excluding carboxylic acids is 2. The van der Waals surface area contributed by atoms with E-state index in [1.54, 1.807) is 42.5 Å². The quantitative estimate of drug-likeness (QED) is 0.190. The van der Waals surface area contributed by atoms with Crippen molar-refractivity contribution in [1.29, 1.82) is 0 Å². The Morgan fingerprint density at radius 2 is 1.40 bits per heavy atom. The van der Waals surface area contributed by atoms with E-state index < -0.39 is 28.5 Å². The summed E-state index contributed by atoms with van der Waals surface area (Å²) in [4.78, 5) is 29.4. The van der Waals surface area contributed by atoms with Crippen molar-refractivity contribution >= 4 is 59.4 Å². The molecule has 218 valence electrons. The fourth-order valence-electron chi connectivity index (χ4n) is 4.53. The highest BCUT2D eigenvalue weighted by Crippen LogP contribution is 2.26. The van der Waals surface area contributed by atoms with Gasteiger partial charge in [-0.3, -0.25) is 13.9 Å². The van der Waals surface area contributed by atoms with Crippen LogP contribution in [0.1, 0.15) is 18.1 Å². The van der Waals surface area contributed by atoms with Crippen LogP contribution in [-0.4, -0.2) is 44.3 Å². The van der Waals surface area contributed by atoms with Gasteiger partial charge < -0.3 is 10.2 Å². The number of hydrogen-bond acceptors (Lipinski definition) is 4. The van der Waals surface area contributed by atoms with Crippen LogP contribution in [0.15, 0.2) is 123 Å².